The minimum absolute atomic E-state index is 0.0727. The average Bonchev–Trinajstić information content (AvgIpc) is 2.96. The normalized spacial score (nSPS) is 19.3. The zero-order valence-electron chi connectivity index (χ0n) is 12.7. The summed E-state index contributed by atoms with van der Waals surface area (Å²) in [6.45, 7) is 4.98. The van der Waals surface area contributed by atoms with Crippen LogP contribution in [0.15, 0.2) is 29.6 Å². The standard InChI is InChI=1S/C18H22FNS/c1-3-20-18(15-11-12(2)7-8-16(15)19)14-5-4-6-17-13(14)9-10-21-17/h7-11,14,18,20H,3-6H2,1-2H3. The van der Waals surface area contributed by atoms with Crippen LogP contribution in [0.1, 0.15) is 53.3 Å². The number of likely N-dealkylation sites (N-methyl/N-ethyl adjacent to an activating group) is 1. The van der Waals surface area contributed by atoms with Crippen molar-refractivity contribution in [3.8, 4) is 0 Å². The molecule has 0 saturated heterocycles. The predicted molar refractivity (Wildman–Crippen MR) is 87.6 cm³/mol. The monoisotopic (exact) mass is 303 g/mol. The average molecular weight is 303 g/mol. The summed E-state index contributed by atoms with van der Waals surface area (Å²) in [6, 6.07) is 7.76. The van der Waals surface area contributed by atoms with Gasteiger partial charge in [-0.25, -0.2) is 4.39 Å². The van der Waals surface area contributed by atoms with E-state index in [-0.39, 0.29) is 11.9 Å². The molecule has 1 aromatic heterocycles. The van der Waals surface area contributed by atoms with Gasteiger partial charge in [-0.1, -0.05) is 24.6 Å². The molecule has 1 aliphatic rings. The second-order valence-corrected chi connectivity index (χ2v) is 6.86. The lowest BCUT2D eigenvalue weighted by molar-refractivity contribution is 0.398. The van der Waals surface area contributed by atoms with E-state index in [0.29, 0.717) is 5.92 Å². The molecule has 2 unspecified atom stereocenters. The Hall–Kier alpha value is -1.19. The summed E-state index contributed by atoms with van der Waals surface area (Å²) in [5.74, 6) is 0.296. The molecule has 0 fully saturated rings. The van der Waals surface area contributed by atoms with E-state index in [1.54, 1.807) is 6.07 Å². The molecule has 0 saturated carbocycles. The molecule has 2 aromatic rings. The Morgan fingerprint density at radius 2 is 2.24 bits per heavy atom. The first-order chi connectivity index (χ1) is 10.2. The topological polar surface area (TPSA) is 12.0 Å². The lowest BCUT2D eigenvalue weighted by Crippen LogP contribution is -2.29. The van der Waals surface area contributed by atoms with Crippen molar-refractivity contribution >= 4 is 11.3 Å². The van der Waals surface area contributed by atoms with Crippen molar-refractivity contribution in [3.05, 3.63) is 57.0 Å². The van der Waals surface area contributed by atoms with Gasteiger partial charge in [0.2, 0.25) is 0 Å². The lowest BCUT2D eigenvalue weighted by atomic mass is 9.79. The quantitative estimate of drug-likeness (QED) is 0.841. The molecule has 1 aromatic carbocycles. The number of halogens is 1. The molecule has 3 heteroatoms. The zero-order valence-corrected chi connectivity index (χ0v) is 13.5. The number of aryl methyl sites for hydroxylation is 2. The van der Waals surface area contributed by atoms with Crippen molar-refractivity contribution in [2.45, 2.75) is 45.1 Å². The summed E-state index contributed by atoms with van der Waals surface area (Å²) < 4.78 is 14.4. The Morgan fingerprint density at radius 1 is 1.38 bits per heavy atom. The van der Waals surface area contributed by atoms with Gasteiger partial charge in [-0.2, -0.15) is 0 Å². The minimum atomic E-state index is -0.0890. The molecule has 1 N–H and O–H groups in total. The number of benzene rings is 1. The Balaban J connectivity index is 2.01. The third kappa shape index (κ3) is 2.90. The smallest absolute Gasteiger partial charge is 0.128 e. The van der Waals surface area contributed by atoms with E-state index in [1.165, 1.54) is 23.3 Å². The SMILES string of the molecule is CCNC(c1cc(C)ccc1F)C1CCCc2sccc21. The van der Waals surface area contributed by atoms with Gasteiger partial charge in [-0.3, -0.25) is 0 Å². The van der Waals surface area contributed by atoms with E-state index in [2.05, 4.69) is 23.7 Å². The number of rotatable bonds is 4. The largest absolute Gasteiger partial charge is 0.310 e. The van der Waals surface area contributed by atoms with Crippen LogP contribution >= 0.6 is 11.3 Å². The highest BCUT2D eigenvalue weighted by Gasteiger charge is 2.30. The summed E-state index contributed by atoms with van der Waals surface area (Å²) in [6.07, 6.45) is 3.51. The number of fused-ring (bicyclic) bond motifs is 1. The third-order valence-electron chi connectivity index (χ3n) is 4.41. The molecule has 21 heavy (non-hydrogen) atoms. The van der Waals surface area contributed by atoms with Gasteiger partial charge >= 0.3 is 0 Å². The van der Waals surface area contributed by atoms with Gasteiger partial charge in [0.25, 0.3) is 0 Å². The maximum Gasteiger partial charge on any atom is 0.128 e. The fraction of sp³-hybridized carbons (Fsp3) is 0.444. The van der Waals surface area contributed by atoms with E-state index >= 15 is 0 Å². The molecular formula is C18H22FNS. The van der Waals surface area contributed by atoms with Gasteiger partial charge in [-0.05, 0) is 55.8 Å². The Kier molecular flexibility index (Phi) is 4.41. The molecule has 1 nitrogen and oxygen atoms in total. The molecular weight excluding hydrogens is 281 g/mol. The number of hydrogen-bond donors (Lipinski definition) is 1. The van der Waals surface area contributed by atoms with Crippen molar-refractivity contribution < 1.29 is 4.39 Å². The molecule has 0 spiro atoms. The Labute approximate surface area is 130 Å². The van der Waals surface area contributed by atoms with Gasteiger partial charge < -0.3 is 5.32 Å². The van der Waals surface area contributed by atoms with Crippen molar-refractivity contribution in [2.24, 2.45) is 0 Å². The third-order valence-corrected chi connectivity index (χ3v) is 5.41. The summed E-state index contributed by atoms with van der Waals surface area (Å²) in [5.41, 5.74) is 3.37. The zero-order chi connectivity index (χ0) is 14.8. The van der Waals surface area contributed by atoms with Crippen LogP contribution in [-0.2, 0) is 6.42 Å². The molecule has 0 amide bonds. The van der Waals surface area contributed by atoms with Gasteiger partial charge in [0, 0.05) is 22.4 Å². The fourth-order valence-corrected chi connectivity index (χ4v) is 4.46. The van der Waals surface area contributed by atoms with E-state index in [1.807, 2.05) is 30.4 Å². The van der Waals surface area contributed by atoms with Crippen molar-refractivity contribution in [3.63, 3.8) is 0 Å². The molecule has 1 heterocycles. The number of thiophene rings is 1. The van der Waals surface area contributed by atoms with Crippen LogP contribution < -0.4 is 5.32 Å². The Bertz CT molecular complexity index is 619. The van der Waals surface area contributed by atoms with Crippen LogP contribution in [0, 0.1) is 12.7 Å². The first-order valence-electron chi connectivity index (χ1n) is 7.76. The van der Waals surface area contributed by atoms with Crippen LogP contribution in [0.25, 0.3) is 0 Å². The molecule has 0 radical (unpaired) electrons. The van der Waals surface area contributed by atoms with Crippen LogP contribution in [0.4, 0.5) is 4.39 Å². The lowest BCUT2D eigenvalue weighted by Gasteiger charge is -2.32. The number of nitrogens with one attached hydrogen (secondary N) is 1. The predicted octanol–water partition coefficient (Wildman–Crippen LogP) is 4.97. The molecule has 3 rings (SSSR count). The highest BCUT2D eigenvalue weighted by molar-refractivity contribution is 7.10. The van der Waals surface area contributed by atoms with E-state index < -0.39 is 0 Å². The second kappa shape index (κ2) is 6.29. The summed E-state index contributed by atoms with van der Waals surface area (Å²) in [4.78, 5) is 1.49. The number of hydrogen-bond acceptors (Lipinski definition) is 2. The summed E-state index contributed by atoms with van der Waals surface area (Å²) in [7, 11) is 0. The fourth-order valence-electron chi connectivity index (χ4n) is 3.46. The van der Waals surface area contributed by atoms with Crippen LogP contribution in [0.3, 0.4) is 0 Å². The van der Waals surface area contributed by atoms with Gasteiger partial charge in [0.15, 0.2) is 0 Å². The first kappa shape index (κ1) is 14.7. The van der Waals surface area contributed by atoms with Gasteiger partial charge in [0.05, 0.1) is 0 Å². The van der Waals surface area contributed by atoms with Crippen molar-refractivity contribution in [2.75, 3.05) is 6.54 Å². The molecule has 1 aliphatic carbocycles. The van der Waals surface area contributed by atoms with Crippen molar-refractivity contribution in [1.82, 2.24) is 5.32 Å². The molecule has 0 aliphatic heterocycles. The van der Waals surface area contributed by atoms with E-state index in [0.717, 1.165) is 24.1 Å². The van der Waals surface area contributed by atoms with Crippen molar-refractivity contribution in [1.29, 1.82) is 0 Å². The molecule has 112 valence electrons. The van der Waals surface area contributed by atoms with E-state index in [9.17, 15) is 4.39 Å². The van der Waals surface area contributed by atoms with Crippen LogP contribution in [0.5, 0.6) is 0 Å². The van der Waals surface area contributed by atoms with E-state index in [4.69, 9.17) is 0 Å². The van der Waals surface area contributed by atoms with Gasteiger partial charge in [0.1, 0.15) is 5.82 Å². The Morgan fingerprint density at radius 3 is 3.05 bits per heavy atom. The highest BCUT2D eigenvalue weighted by atomic mass is 32.1. The van der Waals surface area contributed by atoms with Crippen LogP contribution in [-0.4, -0.2) is 6.54 Å². The molecule has 2 atom stereocenters. The summed E-state index contributed by atoms with van der Waals surface area (Å²) >= 11 is 1.85. The molecule has 0 bridgehead atoms. The second-order valence-electron chi connectivity index (χ2n) is 5.86. The first-order valence-corrected chi connectivity index (χ1v) is 8.64. The van der Waals surface area contributed by atoms with Crippen LogP contribution in [0.2, 0.25) is 0 Å². The van der Waals surface area contributed by atoms with Gasteiger partial charge in [-0.15, -0.1) is 11.3 Å². The maximum absolute atomic E-state index is 14.4. The summed E-state index contributed by atoms with van der Waals surface area (Å²) in [5, 5.41) is 5.71. The maximum atomic E-state index is 14.4. The highest BCUT2D eigenvalue weighted by Crippen LogP contribution is 2.42. The minimum Gasteiger partial charge on any atom is -0.310 e.